The topological polar surface area (TPSA) is 29.1 Å². The van der Waals surface area contributed by atoms with Gasteiger partial charge in [-0.1, -0.05) is 0 Å². The van der Waals surface area contributed by atoms with Crippen LogP contribution in [0.4, 0.5) is 8.78 Å². The minimum Gasteiger partial charge on any atom is -0.307 e. The fraction of sp³-hybridized carbons (Fsp3) is 0.857. The van der Waals surface area contributed by atoms with Crippen LogP contribution in [0.2, 0.25) is 0 Å². The Hall–Kier alpha value is -0.510. The highest BCUT2D eigenvalue weighted by atomic mass is 19.3. The van der Waals surface area contributed by atoms with Crippen LogP contribution >= 0.6 is 0 Å². The van der Waals surface area contributed by atoms with Crippen molar-refractivity contribution in [2.45, 2.75) is 25.8 Å². The maximum absolute atomic E-state index is 12.0. The molecule has 0 bridgehead atoms. The molecule has 0 aromatic carbocycles. The van der Waals surface area contributed by atoms with Gasteiger partial charge in [-0.25, -0.2) is 8.78 Å². The molecular formula is C7H11F2NO. The number of hydrogen-bond donors (Lipinski definition) is 1. The molecule has 11 heavy (non-hydrogen) atoms. The first-order valence-corrected chi connectivity index (χ1v) is 3.63. The Morgan fingerprint density at radius 1 is 1.64 bits per heavy atom. The first-order valence-electron chi connectivity index (χ1n) is 3.63. The zero-order valence-corrected chi connectivity index (χ0v) is 6.31. The summed E-state index contributed by atoms with van der Waals surface area (Å²) in [5.74, 6) is -0.683. The fourth-order valence-corrected chi connectivity index (χ4v) is 1.26. The maximum atomic E-state index is 12.0. The number of hydrogen-bond acceptors (Lipinski definition) is 2. The predicted octanol–water partition coefficient (Wildman–Crippen LogP) is 0.819. The van der Waals surface area contributed by atoms with Gasteiger partial charge in [-0.2, -0.15) is 0 Å². The molecule has 1 N–H and O–H groups in total. The molecule has 1 heterocycles. The standard InChI is InChI=1S/C7H11F2NO/c1-4(11)6-2-5(3-10-6)7(8)9/h5-7,10H,2-3H2,1H3/t5?,6-/m0/s1. The highest BCUT2D eigenvalue weighted by Crippen LogP contribution is 2.21. The molecule has 1 fully saturated rings. The first-order chi connectivity index (χ1) is 5.11. The Morgan fingerprint density at radius 2 is 2.27 bits per heavy atom. The van der Waals surface area contributed by atoms with Crippen molar-refractivity contribution in [2.24, 2.45) is 5.92 Å². The van der Waals surface area contributed by atoms with E-state index in [9.17, 15) is 13.6 Å². The number of Topliss-reactive ketones (excluding diaryl/α,β-unsaturated/α-hetero) is 1. The molecule has 1 aliphatic rings. The summed E-state index contributed by atoms with van der Waals surface area (Å²) in [6, 6.07) is -0.339. The van der Waals surface area contributed by atoms with E-state index in [1.165, 1.54) is 6.92 Å². The summed E-state index contributed by atoms with van der Waals surface area (Å²) in [4.78, 5) is 10.7. The van der Waals surface area contributed by atoms with E-state index in [-0.39, 0.29) is 24.8 Å². The number of alkyl halides is 2. The van der Waals surface area contributed by atoms with Crippen LogP contribution in [0.3, 0.4) is 0 Å². The highest BCUT2D eigenvalue weighted by molar-refractivity contribution is 5.81. The third kappa shape index (κ3) is 1.96. The normalized spacial score (nSPS) is 31.3. The largest absolute Gasteiger partial charge is 0.307 e. The van der Waals surface area contributed by atoms with Crippen molar-refractivity contribution in [1.82, 2.24) is 5.32 Å². The van der Waals surface area contributed by atoms with E-state index < -0.39 is 12.3 Å². The molecule has 1 unspecified atom stereocenters. The molecule has 0 aromatic rings. The average molecular weight is 163 g/mol. The molecule has 2 nitrogen and oxygen atoms in total. The van der Waals surface area contributed by atoms with E-state index in [0.29, 0.717) is 0 Å². The summed E-state index contributed by atoms with van der Waals surface area (Å²) in [6.45, 7) is 1.69. The van der Waals surface area contributed by atoms with Crippen LogP contribution in [0.1, 0.15) is 13.3 Å². The molecule has 2 atom stereocenters. The molecule has 1 rings (SSSR count). The van der Waals surface area contributed by atoms with Crippen LogP contribution < -0.4 is 5.32 Å². The van der Waals surface area contributed by atoms with Gasteiger partial charge in [0.25, 0.3) is 0 Å². The van der Waals surface area contributed by atoms with E-state index in [1.54, 1.807) is 0 Å². The monoisotopic (exact) mass is 163 g/mol. The van der Waals surface area contributed by atoms with Gasteiger partial charge in [0.2, 0.25) is 6.43 Å². The van der Waals surface area contributed by atoms with Gasteiger partial charge in [0, 0.05) is 12.5 Å². The SMILES string of the molecule is CC(=O)[C@@H]1CC(C(F)F)CN1. The van der Waals surface area contributed by atoms with E-state index in [4.69, 9.17) is 0 Å². The Kier molecular flexibility index (Phi) is 2.54. The maximum Gasteiger partial charge on any atom is 0.242 e. The third-order valence-electron chi connectivity index (χ3n) is 2.01. The van der Waals surface area contributed by atoms with Crippen molar-refractivity contribution in [1.29, 1.82) is 0 Å². The van der Waals surface area contributed by atoms with Crippen molar-refractivity contribution in [3.05, 3.63) is 0 Å². The van der Waals surface area contributed by atoms with E-state index in [1.807, 2.05) is 0 Å². The molecule has 0 radical (unpaired) electrons. The molecule has 1 aliphatic heterocycles. The Bertz CT molecular complexity index is 161. The van der Waals surface area contributed by atoms with Crippen molar-refractivity contribution in [3.8, 4) is 0 Å². The fourth-order valence-electron chi connectivity index (χ4n) is 1.26. The molecule has 0 aromatic heterocycles. The van der Waals surface area contributed by atoms with E-state index in [0.717, 1.165) is 0 Å². The number of carbonyl (C=O) groups is 1. The van der Waals surface area contributed by atoms with Crippen molar-refractivity contribution >= 4 is 5.78 Å². The molecule has 64 valence electrons. The molecule has 0 aliphatic carbocycles. The Balaban J connectivity index is 2.41. The van der Waals surface area contributed by atoms with Crippen molar-refractivity contribution < 1.29 is 13.6 Å². The Labute approximate surface area is 64.0 Å². The van der Waals surface area contributed by atoms with Gasteiger partial charge in [-0.15, -0.1) is 0 Å². The van der Waals surface area contributed by atoms with Gasteiger partial charge >= 0.3 is 0 Å². The lowest BCUT2D eigenvalue weighted by Gasteiger charge is -2.05. The summed E-state index contributed by atoms with van der Waals surface area (Å²) in [5.41, 5.74) is 0. The summed E-state index contributed by atoms with van der Waals surface area (Å²) >= 11 is 0. The zero-order chi connectivity index (χ0) is 8.43. The Morgan fingerprint density at radius 3 is 2.55 bits per heavy atom. The van der Waals surface area contributed by atoms with Crippen molar-refractivity contribution in [2.75, 3.05) is 6.54 Å². The van der Waals surface area contributed by atoms with Gasteiger partial charge in [-0.3, -0.25) is 4.79 Å². The number of halogens is 2. The molecule has 0 amide bonds. The summed E-state index contributed by atoms with van der Waals surface area (Å²) in [7, 11) is 0. The third-order valence-corrected chi connectivity index (χ3v) is 2.01. The van der Waals surface area contributed by atoms with E-state index >= 15 is 0 Å². The van der Waals surface area contributed by atoms with Crippen LogP contribution in [-0.4, -0.2) is 24.8 Å². The molecular weight excluding hydrogens is 152 g/mol. The summed E-state index contributed by atoms with van der Waals surface area (Å²) in [5, 5.41) is 2.76. The number of ketones is 1. The van der Waals surface area contributed by atoms with E-state index in [2.05, 4.69) is 5.32 Å². The van der Waals surface area contributed by atoms with Gasteiger partial charge < -0.3 is 5.32 Å². The van der Waals surface area contributed by atoms with Crippen LogP contribution in [0, 0.1) is 5.92 Å². The summed E-state index contributed by atoms with van der Waals surface area (Å²) in [6.07, 6.45) is -2.01. The minimum atomic E-state index is -2.30. The molecule has 0 saturated carbocycles. The van der Waals surface area contributed by atoms with Crippen LogP contribution in [0.15, 0.2) is 0 Å². The van der Waals surface area contributed by atoms with Crippen LogP contribution in [0.25, 0.3) is 0 Å². The first kappa shape index (κ1) is 8.59. The average Bonchev–Trinajstić information content (AvgIpc) is 2.33. The number of carbonyl (C=O) groups excluding carboxylic acids is 1. The van der Waals surface area contributed by atoms with Crippen LogP contribution in [0.5, 0.6) is 0 Å². The highest BCUT2D eigenvalue weighted by Gasteiger charge is 2.32. The van der Waals surface area contributed by atoms with Gasteiger partial charge in [0.05, 0.1) is 6.04 Å². The van der Waals surface area contributed by atoms with Gasteiger partial charge in [-0.05, 0) is 13.3 Å². The minimum absolute atomic E-state index is 0.0480. The number of nitrogens with one attached hydrogen (secondary N) is 1. The molecule has 0 spiro atoms. The van der Waals surface area contributed by atoms with Crippen LogP contribution in [-0.2, 0) is 4.79 Å². The second-order valence-electron chi connectivity index (χ2n) is 2.90. The smallest absolute Gasteiger partial charge is 0.242 e. The lowest BCUT2D eigenvalue weighted by atomic mass is 10.0. The van der Waals surface area contributed by atoms with Gasteiger partial charge in [0.15, 0.2) is 0 Å². The van der Waals surface area contributed by atoms with Crippen molar-refractivity contribution in [3.63, 3.8) is 0 Å². The predicted molar refractivity (Wildman–Crippen MR) is 36.6 cm³/mol. The lowest BCUT2D eigenvalue weighted by Crippen LogP contribution is -2.28. The number of rotatable bonds is 2. The summed E-state index contributed by atoms with van der Waals surface area (Å²) < 4.78 is 24.1. The lowest BCUT2D eigenvalue weighted by molar-refractivity contribution is -0.118. The molecule has 1 saturated heterocycles. The quantitative estimate of drug-likeness (QED) is 0.653. The second-order valence-corrected chi connectivity index (χ2v) is 2.90. The second kappa shape index (κ2) is 3.26. The zero-order valence-electron chi connectivity index (χ0n) is 6.31. The molecule has 4 heteroatoms. The van der Waals surface area contributed by atoms with Gasteiger partial charge in [0.1, 0.15) is 5.78 Å².